The first-order valence-corrected chi connectivity index (χ1v) is 6.93. The van der Waals surface area contributed by atoms with Gasteiger partial charge in [-0.05, 0) is 25.7 Å². The van der Waals surface area contributed by atoms with Gasteiger partial charge in [0.25, 0.3) is 0 Å². The van der Waals surface area contributed by atoms with Gasteiger partial charge in [-0.1, -0.05) is 33.6 Å². The monoisotopic (exact) mass is 282 g/mol. The Kier molecular flexibility index (Phi) is 13.1. The predicted octanol–water partition coefficient (Wildman–Crippen LogP) is 2.89. The van der Waals surface area contributed by atoms with Crippen molar-refractivity contribution in [3.05, 3.63) is 0 Å². The minimum atomic E-state index is -0.962. The molecule has 0 unspecified atom stereocenters. The van der Waals surface area contributed by atoms with Gasteiger partial charge in [-0.15, -0.1) is 0 Å². The Morgan fingerprint density at radius 2 is 1.63 bits per heavy atom. The summed E-state index contributed by atoms with van der Waals surface area (Å²) in [6.07, 6.45) is 5.56. The van der Waals surface area contributed by atoms with E-state index >= 15 is 0 Å². The molecule has 0 saturated carbocycles. The van der Waals surface area contributed by atoms with Gasteiger partial charge in [-0.3, -0.25) is 9.59 Å². The molecule has 4 nitrogen and oxygen atoms in total. The van der Waals surface area contributed by atoms with Crippen molar-refractivity contribution >= 4 is 41.5 Å². The summed E-state index contributed by atoms with van der Waals surface area (Å²) in [5, 5.41) is 8.54. The average molecular weight is 282 g/mol. The number of rotatable bonds is 10. The van der Waals surface area contributed by atoms with Gasteiger partial charge in [0.15, 0.2) is 0 Å². The van der Waals surface area contributed by atoms with Gasteiger partial charge in [0, 0.05) is 0 Å². The van der Waals surface area contributed by atoms with Crippen molar-refractivity contribution in [1.82, 2.24) is 0 Å². The summed E-state index contributed by atoms with van der Waals surface area (Å²) in [5.41, 5.74) is -0.398. The number of aliphatic carboxylic acids is 1. The van der Waals surface area contributed by atoms with E-state index in [0.717, 1.165) is 38.5 Å². The Morgan fingerprint density at radius 3 is 2.05 bits per heavy atom. The fraction of sp³-hybridized carbons (Fsp3) is 0.857. The van der Waals surface area contributed by atoms with E-state index in [2.05, 4.69) is 6.92 Å². The molecule has 19 heavy (non-hydrogen) atoms. The van der Waals surface area contributed by atoms with E-state index in [0.29, 0.717) is 0 Å². The number of carbonyl (C=O) groups is 2. The summed E-state index contributed by atoms with van der Waals surface area (Å²) in [4.78, 5) is 22.0. The van der Waals surface area contributed by atoms with Crippen molar-refractivity contribution in [3.63, 3.8) is 0 Å². The topological polar surface area (TPSA) is 63.6 Å². The molecule has 0 aliphatic heterocycles. The summed E-state index contributed by atoms with van der Waals surface area (Å²) in [7, 11) is 0. The second-order valence-corrected chi connectivity index (χ2v) is 4.72. The number of unbranched alkanes of at least 4 members (excludes halogenated alkanes) is 2. The Labute approximate surface area is 138 Å². The van der Waals surface area contributed by atoms with Crippen LogP contribution in [0.2, 0.25) is 0 Å². The summed E-state index contributed by atoms with van der Waals surface area (Å²) < 4.78 is 5.53. The quantitative estimate of drug-likeness (QED) is 0.380. The number of ether oxygens (including phenoxy) is 1. The first-order chi connectivity index (χ1) is 8.49. The molecule has 0 saturated heterocycles. The zero-order valence-corrected chi connectivity index (χ0v) is 11.8. The van der Waals surface area contributed by atoms with E-state index in [-0.39, 0.29) is 42.4 Å². The van der Waals surface area contributed by atoms with E-state index in [9.17, 15) is 9.59 Å². The normalized spacial score (nSPS) is 10.7. The van der Waals surface area contributed by atoms with Gasteiger partial charge in [-0.2, -0.15) is 0 Å². The van der Waals surface area contributed by atoms with E-state index in [1.165, 1.54) is 0 Å². The number of hydrogen-bond donors (Lipinski definition) is 1. The van der Waals surface area contributed by atoms with Crippen molar-refractivity contribution in [2.75, 3.05) is 0 Å². The van der Waals surface area contributed by atoms with Gasteiger partial charge < -0.3 is 9.84 Å². The molecular formula is C14H27NaO4. The van der Waals surface area contributed by atoms with Crippen LogP contribution in [-0.4, -0.2) is 52.2 Å². The molecule has 0 heterocycles. The van der Waals surface area contributed by atoms with Crippen molar-refractivity contribution in [2.45, 2.75) is 77.7 Å². The minimum absolute atomic E-state index is 0. The van der Waals surface area contributed by atoms with Crippen molar-refractivity contribution in [3.8, 4) is 0 Å². The Hall–Kier alpha value is -0.0600. The van der Waals surface area contributed by atoms with Crippen LogP contribution in [0, 0.1) is 0 Å². The van der Waals surface area contributed by atoms with Crippen molar-refractivity contribution in [2.24, 2.45) is 0 Å². The van der Waals surface area contributed by atoms with Crippen LogP contribution in [0.15, 0.2) is 0 Å². The Balaban J connectivity index is 0. The molecule has 0 atom stereocenters. The molecule has 0 aliphatic rings. The van der Waals surface area contributed by atoms with E-state index < -0.39 is 17.5 Å². The number of carboxylic acid groups (broad SMARTS) is 1. The predicted molar refractivity (Wildman–Crippen MR) is 77.6 cm³/mol. The number of esters is 1. The molecule has 0 radical (unpaired) electrons. The molecule has 1 N–H and O–H groups in total. The van der Waals surface area contributed by atoms with Crippen LogP contribution < -0.4 is 0 Å². The summed E-state index contributed by atoms with van der Waals surface area (Å²) in [5.74, 6) is -1.35. The van der Waals surface area contributed by atoms with Crippen LogP contribution in [-0.2, 0) is 14.3 Å². The van der Waals surface area contributed by atoms with E-state index in [1.807, 2.05) is 13.8 Å². The van der Waals surface area contributed by atoms with E-state index in [4.69, 9.17) is 9.84 Å². The third-order valence-corrected chi connectivity index (χ3v) is 3.40. The molecule has 0 aromatic rings. The van der Waals surface area contributed by atoms with Gasteiger partial charge in [0.05, 0.1) is 12.8 Å². The average Bonchev–Trinajstić information content (AvgIpc) is 2.35. The summed E-state index contributed by atoms with van der Waals surface area (Å²) >= 11 is 0. The first-order valence-electron chi connectivity index (χ1n) is 6.93. The van der Waals surface area contributed by atoms with Crippen molar-refractivity contribution in [1.29, 1.82) is 0 Å². The number of carboxylic acids is 1. The van der Waals surface area contributed by atoms with Gasteiger partial charge in [-0.25, -0.2) is 0 Å². The maximum atomic E-state index is 11.6. The number of hydrogen-bond acceptors (Lipinski definition) is 3. The summed E-state index contributed by atoms with van der Waals surface area (Å²) in [6.45, 7) is 6.16. The van der Waals surface area contributed by atoms with Crippen molar-refractivity contribution < 1.29 is 19.4 Å². The number of carbonyl (C=O) groups excluding carboxylic acids is 1. The Bertz CT molecular complexity index is 262. The van der Waals surface area contributed by atoms with Crippen LogP contribution in [0.5, 0.6) is 0 Å². The molecule has 0 bridgehead atoms. The molecule has 0 aromatic carbocycles. The molecule has 0 aliphatic carbocycles. The van der Waals surface area contributed by atoms with Gasteiger partial charge >= 0.3 is 41.5 Å². The van der Waals surface area contributed by atoms with Gasteiger partial charge in [0.1, 0.15) is 5.60 Å². The molecule has 0 spiro atoms. The molecule has 0 aromatic heterocycles. The van der Waals surface area contributed by atoms with E-state index in [1.54, 1.807) is 0 Å². The van der Waals surface area contributed by atoms with Crippen LogP contribution in [0.4, 0.5) is 0 Å². The van der Waals surface area contributed by atoms with Crippen LogP contribution in [0.25, 0.3) is 0 Å². The molecule has 108 valence electrons. The Morgan fingerprint density at radius 1 is 1.05 bits per heavy atom. The second kappa shape index (κ2) is 11.7. The second-order valence-electron chi connectivity index (χ2n) is 4.72. The standard InChI is InChI=1S/C14H26O4.Na.H/c1-4-7-8-11-14(5-2,6-3)18-13(17)10-9-12(15)16;;/h4-11H2,1-3H3,(H,15,16);;. The SMILES string of the molecule is CCCCCC(CC)(CC)OC(=O)CCC(=O)O.[NaH]. The fourth-order valence-corrected chi connectivity index (χ4v) is 2.00. The van der Waals surface area contributed by atoms with Gasteiger partial charge in [0.2, 0.25) is 0 Å². The third-order valence-electron chi connectivity index (χ3n) is 3.40. The zero-order valence-electron chi connectivity index (χ0n) is 11.8. The molecule has 0 rings (SSSR count). The molecule has 0 fully saturated rings. The van der Waals surface area contributed by atoms with Crippen LogP contribution >= 0.6 is 0 Å². The summed E-state index contributed by atoms with van der Waals surface area (Å²) in [6, 6.07) is 0. The maximum absolute atomic E-state index is 11.6. The molecule has 0 amide bonds. The zero-order chi connectivity index (χ0) is 14.0. The third kappa shape index (κ3) is 9.47. The fourth-order valence-electron chi connectivity index (χ4n) is 2.00. The molecule has 5 heteroatoms. The first kappa shape index (κ1) is 21.2. The van der Waals surface area contributed by atoms with Crippen LogP contribution in [0.3, 0.4) is 0 Å². The van der Waals surface area contributed by atoms with Crippen LogP contribution in [0.1, 0.15) is 72.1 Å². The molecular weight excluding hydrogens is 255 g/mol.